The molecule has 2 aromatic heterocycles. The summed E-state index contributed by atoms with van der Waals surface area (Å²) in [5.41, 5.74) is 1.85. The lowest BCUT2D eigenvalue weighted by atomic mass is 9.97. The highest BCUT2D eigenvalue weighted by Gasteiger charge is 2.22. The number of thioether (sulfide) groups is 1. The number of benzene rings is 1. The van der Waals surface area contributed by atoms with E-state index in [0.717, 1.165) is 29.5 Å². The molecule has 0 fully saturated rings. The number of aryl methyl sites for hydroxylation is 2. The molecule has 1 aliphatic heterocycles. The summed E-state index contributed by atoms with van der Waals surface area (Å²) in [6, 6.07) is 5.32. The third-order valence-corrected chi connectivity index (χ3v) is 7.73. The quantitative estimate of drug-likeness (QED) is 0.314. The molecular weight excluding hydrogens is 446 g/mol. The van der Waals surface area contributed by atoms with Gasteiger partial charge in [-0.15, -0.1) is 17.9 Å². The molecule has 0 atom stereocenters. The second-order valence-electron chi connectivity index (χ2n) is 7.70. The molecule has 166 valence electrons. The summed E-state index contributed by atoms with van der Waals surface area (Å²) in [4.78, 5) is 32.6. The van der Waals surface area contributed by atoms with Crippen molar-refractivity contribution < 1.29 is 14.3 Å². The number of carbonyl (C=O) groups excluding carboxylic acids is 1. The van der Waals surface area contributed by atoms with E-state index in [0.29, 0.717) is 41.1 Å². The van der Waals surface area contributed by atoms with Gasteiger partial charge in [-0.1, -0.05) is 17.8 Å². The number of anilines is 1. The minimum Gasteiger partial charge on any atom is -0.454 e. The number of hydrogen-bond acceptors (Lipinski definition) is 7. The normalized spacial score (nSPS) is 14.4. The SMILES string of the molecule is C=CCn1c(SCCC(=O)Nc2ccc3c(c2)OCO3)nc2sc3c(c2c1=O)CCCC3. The highest BCUT2D eigenvalue weighted by atomic mass is 32.2. The monoisotopic (exact) mass is 469 g/mol. The third-order valence-electron chi connectivity index (χ3n) is 5.57. The Morgan fingerprint density at radius 2 is 2.12 bits per heavy atom. The number of aromatic nitrogens is 2. The van der Waals surface area contributed by atoms with Crippen LogP contribution in [-0.4, -0.2) is 28.0 Å². The van der Waals surface area contributed by atoms with E-state index in [9.17, 15) is 9.59 Å². The molecule has 0 unspecified atom stereocenters. The van der Waals surface area contributed by atoms with Crippen LogP contribution in [0.3, 0.4) is 0 Å². The predicted octanol–water partition coefficient (Wildman–Crippen LogP) is 4.37. The number of nitrogens with one attached hydrogen (secondary N) is 1. The molecule has 2 aliphatic rings. The Bertz CT molecular complexity index is 1260. The van der Waals surface area contributed by atoms with Gasteiger partial charge in [0.15, 0.2) is 16.7 Å². The van der Waals surface area contributed by atoms with Gasteiger partial charge < -0.3 is 14.8 Å². The highest BCUT2D eigenvalue weighted by molar-refractivity contribution is 7.99. The Morgan fingerprint density at radius 1 is 1.28 bits per heavy atom. The standard InChI is InChI=1S/C23H23N3O4S2/c1-2-10-26-22(28)20-15-5-3-4-6-18(15)32-21(20)25-23(26)31-11-9-19(27)24-14-7-8-16-17(12-14)30-13-29-16/h2,7-8,12H,1,3-6,9-11,13H2,(H,24,27). The van der Waals surface area contributed by atoms with Crippen LogP contribution in [0, 0.1) is 0 Å². The Kier molecular flexibility index (Phi) is 5.93. The van der Waals surface area contributed by atoms with Crippen LogP contribution in [0.1, 0.15) is 29.7 Å². The first-order chi connectivity index (χ1) is 15.6. The molecular formula is C23H23N3O4S2. The fourth-order valence-corrected chi connectivity index (χ4v) is 6.30. The van der Waals surface area contributed by atoms with E-state index in [2.05, 4.69) is 11.9 Å². The van der Waals surface area contributed by atoms with Gasteiger partial charge in [0.05, 0.1) is 5.39 Å². The van der Waals surface area contributed by atoms with Crippen molar-refractivity contribution in [2.75, 3.05) is 17.9 Å². The second-order valence-corrected chi connectivity index (χ2v) is 9.85. The van der Waals surface area contributed by atoms with Gasteiger partial charge in [-0.05, 0) is 43.4 Å². The van der Waals surface area contributed by atoms with Crippen molar-refractivity contribution >= 4 is 44.9 Å². The summed E-state index contributed by atoms with van der Waals surface area (Å²) in [6.07, 6.45) is 6.27. The Labute approximate surface area is 193 Å². The van der Waals surface area contributed by atoms with E-state index in [1.165, 1.54) is 28.6 Å². The van der Waals surface area contributed by atoms with Crippen LogP contribution in [0.15, 0.2) is 40.8 Å². The summed E-state index contributed by atoms with van der Waals surface area (Å²) in [7, 11) is 0. The number of thiophene rings is 1. The number of allylic oxidation sites excluding steroid dienone is 1. The molecule has 1 N–H and O–H groups in total. The van der Waals surface area contributed by atoms with Gasteiger partial charge >= 0.3 is 0 Å². The molecule has 0 radical (unpaired) electrons. The molecule has 0 saturated heterocycles. The number of hydrogen-bond donors (Lipinski definition) is 1. The molecule has 3 aromatic rings. The van der Waals surface area contributed by atoms with Crippen molar-refractivity contribution in [2.24, 2.45) is 0 Å². The Hall–Kier alpha value is -2.78. The zero-order chi connectivity index (χ0) is 22.1. The summed E-state index contributed by atoms with van der Waals surface area (Å²) in [5, 5.41) is 4.29. The molecule has 1 aromatic carbocycles. The van der Waals surface area contributed by atoms with Crippen LogP contribution in [0.5, 0.6) is 11.5 Å². The molecule has 5 rings (SSSR count). The number of rotatable bonds is 7. The van der Waals surface area contributed by atoms with E-state index in [1.54, 1.807) is 40.2 Å². The minimum absolute atomic E-state index is 0.00149. The van der Waals surface area contributed by atoms with Crippen LogP contribution < -0.4 is 20.3 Å². The Morgan fingerprint density at radius 3 is 3.00 bits per heavy atom. The number of ether oxygens (including phenoxy) is 2. The zero-order valence-corrected chi connectivity index (χ0v) is 19.2. The first kappa shape index (κ1) is 21.1. The van der Waals surface area contributed by atoms with Crippen molar-refractivity contribution in [2.45, 2.75) is 43.8 Å². The lowest BCUT2D eigenvalue weighted by molar-refractivity contribution is -0.115. The van der Waals surface area contributed by atoms with Crippen molar-refractivity contribution in [1.29, 1.82) is 0 Å². The first-order valence-electron chi connectivity index (χ1n) is 10.6. The average molecular weight is 470 g/mol. The highest BCUT2D eigenvalue weighted by Crippen LogP contribution is 2.35. The second kappa shape index (κ2) is 8.99. The van der Waals surface area contributed by atoms with Crippen LogP contribution in [0.4, 0.5) is 5.69 Å². The van der Waals surface area contributed by atoms with E-state index < -0.39 is 0 Å². The maximum absolute atomic E-state index is 13.3. The van der Waals surface area contributed by atoms with Crippen molar-refractivity contribution in [3.8, 4) is 11.5 Å². The third kappa shape index (κ3) is 4.02. The van der Waals surface area contributed by atoms with Gasteiger partial charge in [-0.25, -0.2) is 4.98 Å². The molecule has 1 amide bonds. The maximum Gasteiger partial charge on any atom is 0.263 e. The zero-order valence-electron chi connectivity index (χ0n) is 17.5. The van der Waals surface area contributed by atoms with Gasteiger partial charge in [0.1, 0.15) is 4.83 Å². The summed E-state index contributed by atoms with van der Waals surface area (Å²) < 4.78 is 12.3. The summed E-state index contributed by atoms with van der Waals surface area (Å²) >= 11 is 3.07. The number of fused-ring (bicyclic) bond motifs is 4. The van der Waals surface area contributed by atoms with Crippen LogP contribution in [0.2, 0.25) is 0 Å². The molecule has 7 nitrogen and oxygen atoms in total. The molecule has 9 heteroatoms. The molecule has 0 saturated carbocycles. The van der Waals surface area contributed by atoms with E-state index in [1.807, 2.05) is 0 Å². The number of carbonyl (C=O) groups is 1. The Balaban J connectivity index is 1.30. The van der Waals surface area contributed by atoms with Gasteiger partial charge in [-0.3, -0.25) is 14.2 Å². The molecule has 32 heavy (non-hydrogen) atoms. The van der Waals surface area contributed by atoms with Gasteiger partial charge in [0, 0.05) is 35.3 Å². The van der Waals surface area contributed by atoms with Crippen molar-refractivity contribution in [3.63, 3.8) is 0 Å². The lowest BCUT2D eigenvalue weighted by Gasteiger charge is -2.12. The fraction of sp³-hybridized carbons (Fsp3) is 0.348. The van der Waals surface area contributed by atoms with E-state index >= 15 is 0 Å². The minimum atomic E-state index is -0.110. The number of amides is 1. The topological polar surface area (TPSA) is 82.5 Å². The van der Waals surface area contributed by atoms with E-state index in [-0.39, 0.29) is 18.3 Å². The predicted molar refractivity (Wildman–Crippen MR) is 127 cm³/mol. The van der Waals surface area contributed by atoms with Gasteiger partial charge in [0.25, 0.3) is 5.56 Å². The van der Waals surface area contributed by atoms with Crippen LogP contribution in [0.25, 0.3) is 10.2 Å². The largest absolute Gasteiger partial charge is 0.454 e. The van der Waals surface area contributed by atoms with Crippen molar-refractivity contribution in [1.82, 2.24) is 9.55 Å². The van der Waals surface area contributed by atoms with Gasteiger partial charge in [-0.2, -0.15) is 0 Å². The lowest BCUT2D eigenvalue weighted by Crippen LogP contribution is -2.23. The average Bonchev–Trinajstić information content (AvgIpc) is 3.40. The summed E-state index contributed by atoms with van der Waals surface area (Å²) in [6.45, 7) is 4.39. The molecule has 3 heterocycles. The fourth-order valence-electron chi connectivity index (χ4n) is 4.05. The van der Waals surface area contributed by atoms with Crippen LogP contribution in [-0.2, 0) is 24.2 Å². The molecule has 0 bridgehead atoms. The molecule has 1 aliphatic carbocycles. The smallest absolute Gasteiger partial charge is 0.263 e. The maximum atomic E-state index is 13.3. The van der Waals surface area contributed by atoms with E-state index in [4.69, 9.17) is 14.5 Å². The van der Waals surface area contributed by atoms with Crippen LogP contribution >= 0.6 is 23.1 Å². The number of nitrogens with zero attached hydrogens (tertiary/aromatic N) is 2. The molecule has 0 spiro atoms. The van der Waals surface area contributed by atoms with Crippen molar-refractivity contribution in [3.05, 3.63) is 51.6 Å². The van der Waals surface area contributed by atoms with Gasteiger partial charge in [0.2, 0.25) is 12.7 Å². The first-order valence-corrected chi connectivity index (χ1v) is 12.4. The summed E-state index contributed by atoms with van der Waals surface area (Å²) in [5.74, 6) is 1.70.